The monoisotopic (exact) mass is 288 g/mol. The van der Waals surface area contributed by atoms with Gasteiger partial charge in [0.2, 0.25) is 0 Å². The molecule has 104 valence electrons. The van der Waals surface area contributed by atoms with Crippen molar-refractivity contribution in [2.75, 3.05) is 6.54 Å². The van der Waals surface area contributed by atoms with Crippen LogP contribution in [-0.2, 0) is 4.79 Å². The number of nitrogens with one attached hydrogen (secondary N) is 1. The van der Waals surface area contributed by atoms with Crippen molar-refractivity contribution in [1.82, 2.24) is 5.32 Å². The van der Waals surface area contributed by atoms with Crippen LogP contribution in [0, 0.1) is 17.0 Å². The maximum absolute atomic E-state index is 11.7. The first-order chi connectivity index (χ1) is 8.65. The van der Waals surface area contributed by atoms with Crippen molar-refractivity contribution in [3.8, 4) is 0 Å². The van der Waals surface area contributed by atoms with Crippen molar-refractivity contribution in [2.45, 2.75) is 19.4 Å². The zero-order valence-corrected chi connectivity index (χ0v) is 11.0. The average Bonchev–Trinajstić information content (AvgIpc) is 2.68. The molecule has 1 heterocycles. The molecule has 1 aromatic rings. The van der Waals surface area contributed by atoms with E-state index >= 15 is 0 Å². The Balaban J connectivity index is 2.77. The summed E-state index contributed by atoms with van der Waals surface area (Å²) in [6.45, 7) is 2.05. The molecular weight excluding hydrogens is 276 g/mol. The van der Waals surface area contributed by atoms with Crippen LogP contribution in [0.15, 0.2) is 6.07 Å². The van der Waals surface area contributed by atoms with E-state index in [1.54, 1.807) is 0 Å². The minimum absolute atomic E-state index is 0.0883. The smallest absolute Gasteiger partial charge is 0.337 e. The third kappa shape index (κ3) is 3.48. The van der Waals surface area contributed by atoms with Crippen LogP contribution in [0.25, 0.3) is 0 Å². The number of rotatable bonds is 5. The van der Waals surface area contributed by atoms with Gasteiger partial charge in [0.15, 0.2) is 5.60 Å². The Morgan fingerprint density at radius 1 is 1.58 bits per heavy atom. The van der Waals surface area contributed by atoms with Crippen LogP contribution in [0.4, 0.5) is 5.69 Å². The Hall–Kier alpha value is -2.00. The lowest BCUT2D eigenvalue weighted by molar-refractivity contribution is -0.385. The Bertz CT molecular complexity index is 536. The minimum atomic E-state index is -2.09. The van der Waals surface area contributed by atoms with E-state index in [1.807, 2.05) is 0 Å². The topological polar surface area (TPSA) is 130 Å². The van der Waals surface area contributed by atoms with Gasteiger partial charge in [0, 0.05) is 6.07 Å². The lowest BCUT2D eigenvalue weighted by Gasteiger charge is -2.17. The van der Waals surface area contributed by atoms with Gasteiger partial charge in [-0.2, -0.15) is 0 Å². The summed E-state index contributed by atoms with van der Waals surface area (Å²) in [7, 11) is 0. The number of nitro groups is 1. The van der Waals surface area contributed by atoms with Crippen molar-refractivity contribution in [2.24, 2.45) is 0 Å². The fourth-order valence-electron chi connectivity index (χ4n) is 1.18. The number of carbonyl (C=O) groups excluding carboxylic acids is 1. The van der Waals surface area contributed by atoms with Crippen LogP contribution in [0.3, 0.4) is 0 Å². The number of carboxylic acid groups (broad SMARTS) is 1. The maximum atomic E-state index is 11.7. The number of aryl methyl sites for hydroxylation is 1. The number of amides is 1. The highest BCUT2D eigenvalue weighted by molar-refractivity contribution is 7.14. The molecule has 0 aliphatic carbocycles. The minimum Gasteiger partial charge on any atom is -0.479 e. The van der Waals surface area contributed by atoms with Crippen LogP contribution >= 0.6 is 11.3 Å². The quantitative estimate of drug-likeness (QED) is 0.535. The van der Waals surface area contributed by atoms with Gasteiger partial charge in [0.1, 0.15) is 0 Å². The number of carboxylic acids is 1. The van der Waals surface area contributed by atoms with Crippen molar-refractivity contribution in [1.29, 1.82) is 0 Å². The molecule has 8 nitrogen and oxygen atoms in total. The van der Waals surface area contributed by atoms with Crippen molar-refractivity contribution < 1.29 is 24.7 Å². The predicted molar refractivity (Wildman–Crippen MR) is 66.3 cm³/mol. The molecule has 1 rings (SSSR count). The number of aliphatic hydroxyl groups is 1. The summed E-state index contributed by atoms with van der Waals surface area (Å²) in [5, 5.41) is 30.9. The van der Waals surface area contributed by atoms with E-state index in [2.05, 4.69) is 5.32 Å². The summed E-state index contributed by atoms with van der Waals surface area (Å²) in [4.78, 5) is 32.8. The molecule has 0 saturated carbocycles. The largest absolute Gasteiger partial charge is 0.479 e. The summed E-state index contributed by atoms with van der Waals surface area (Å²) in [5.74, 6) is -2.14. The second-order valence-corrected chi connectivity index (χ2v) is 5.33. The molecule has 0 bridgehead atoms. The van der Waals surface area contributed by atoms with Crippen LogP contribution in [0.5, 0.6) is 0 Å². The number of thiophene rings is 1. The highest BCUT2D eigenvalue weighted by atomic mass is 32.1. The van der Waals surface area contributed by atoms with Gasteiger partial charge in [0.05, 0.1) is 21.2 Å². The van der Waals surface area contributed by atoms with Crippen LogP contribution in [0.1, 0.15) is 21.5 Å². The third-order valence-corrected chi connectivity index (χ3v) is 3.40. The molecule has 9 heteroatoms. The predicted octanol–water partition coefficient (Wildman–Crippen LogP) is 0.530. The van der Waals surface area contributed by atoms with Crippen molar-refractivity contribution >= 4 is 28.9 Å². The Labute approximate surface area is 111 Å². The molecule has 1 aromatic heterocycles. The van der Waals surface area contributed by atoms with Gasteiger partial charge in [0.25, 0.3) is 11.6 Å². The zero-order chi connectivity index (χ0) is 14.8. The van der Waals surface area contributed by atoms with E-state index in [1.165, 1.54) is 6.92 Å². The molecule has 3 N–H and O–H groups in total. The Morgan fingerprint density at radius 2 is 2.16 bits per heavy atom. The van der Waals surface area contributed by atoms with Gasteiger partial charge in [-0.1, -0.05) is 0 Å². The van der Waals surface area contributed by atoms with E-state index in [0.29, 0.717) is 4.88 Å². The number of carbonyl (C=O) groups is 2. The van der Waals surface area contributed by atoms with Crippen molar-refractivity contribution in [3.05, 3.63) is 25.9 Å². The molecule has 1 unspecified atom stereocenters. The molecule has 1 atom stereocenters. The molecule has 0 fully saturated rings. The third-order valence-electron chi connectivity index (χ3n) is 2.37. The Kier molecular flexibility index (Phi) is 4.22. The Morgan fingerprint density at radius 3 is 2.58 bits per heavy atom. The highest BCUT2D eigenvalue weighted by Crippen LogP contribution is 2.27. The summed E-state index contributed by atoms with van der Waals surface area (Å²) in [5.41, 5.74) is -2.26. The molecule has 0 aliphatic rings. The lowest BCUT2D eigenvalue weighted by Crippen LogP contribution is -2.46. The van der Waals surface area contributed by atoms with E-state index in [-0.39, 0.29) is 10.6 Å². The van der Waals surface area contributed by atoms with E-state index < -0.39 is 28.9 Å². The number of hydrogen-bond acceptors (Lipinski definition) is 6. The first-order valence-electron chi connectivity index (χ1n) is 5.14. The fourth-order valence-corrected chi connectivity index (χ4v) is 2.08. The summed E-state index contributed by atoms with van der Waals surface area (Å²) in [6, 6.07) is 1.12. The number of hydrogen-bond donors (Lipinski definition) is 3. The summed E-state index contributed by atoms with van der Waals surface area (Å²) in [6.07, 6.45) is 0. The molecule has 0 spiro atoms. The molecule has 0 aromatic carbocycles. The zero-order valence-electron chi connectivity index (χ0n) is 10.2. The van der Waals surface area contributed by atoms with Crippen molar-refractivity contribution in [3.63, 3.8) is 0 Å². The van der Waals surface area contributed by atoms with Gasteiger partial charge >= 0.3 is 5.97 Å². The van der Waals surface area contributed by atoms with Gasteiger partial charge in [-0.15, -0.1) is 11.3 Å². The van der Waals surface area contributed by atoms with Gasteiger partial charge in [-0.3, -0.25) is 14.9 Å². The SMILES string of the molecule is Cc1sc(C(=O)NCC(C)(O)C(=O)O)cc1[N+](=O)[O-]. The first kappa shape index (κ1) is 15.1. The van der Waals surface area contributed by atoms with E-state index in [0.717, 1.165) is 24.3 Å². The maximum Gasteiger partial charge on any atom is 0.337 e. The van der Waals surface area contributed by atoms with Gasteiger partial charge < -0.3 is 15.5 Å². The molecule has 0 saturated heterocycles. The number of aliphatic carboxylic acids is 1. The molecule has 1 amide bonds. The average molecular weight is 288 g/mol. The molecule has 0 radical (unpaired) electrons. The van der Waals surface area contributed by atoms with E-state index in [4.69, 9.17) is 5.11 Å². The van der Waals surface area contributed by atoms with Crippen LogP contribution in [-0.4, -0.2) is 39.2 Å². The van der Waals surface area contributed by atoms with Gasteiger partial charge in [-0.05, 0) is 13.8 Å². The first-order valence-corrected chi connectivity index (χ1v) is 5.95. The normalized spacial score (nSPS) is 13.6. The molecule has 0 aliphatic heterocycles. The van der Waals surface area contributed by atoms with Crippen LogP contribution < -0.4 is 5.32 Å². The number of nitrogens with zero attached hydrogens (tertiary/aromatic N) is 1. The fraction of sp³-hybridized carbons (Fsp3) is 0.400. The lowest BCUT2D eigenvalue weighted by atomic mass is 10.1. The summed E-state index contributed by atoms with van der Waals surface area (Å²) >= 11 is 0.927. The van der Waals surface area contributed by atoms with Crippen LogP contribution in [0.2, 0.25) is 0 Å². The summed E-state index contributed by atoms with van der Waals surface area (Å²) < 4.78 is 0. The molecule has 19 heavy (non-hydrogen) atoms. The second kappa shape index (κ2) is 5.33. The molecular formula is C10H12N2O6S. The standard InChI is InChI=1S/C10H12N2O6S/c1-5-6(12(17)18)3-7(19-5)8(13)11-4-10(2,16)9(14)15/h3,16H,4H2,1-2H3,(H,11,13)(H,14,15). The van der Waals surface area contributed by atoms with E-state index in [9.17, 15) is 24.8 Å². The second-order valence-electron chi connectivity index (χ2n) is 4.07. The highest BCUT2D eigenvalue weighted by Gasteiger charge is 2.31. The van der Waals surface area contributed by atoms with Gasteiger partial charge in [-0.25, -0.2) is 4.79 Å².